The number of nitrogens with zero attached hydrogens (tertiary/aromatic N) is 1. The van der Waals surface area contributed by atoms with E-state index in [2.05, 4.69) is 15.6 Å². The lowest BCUT2D eigenvalue weighted by molar-refractivity contribution is -0.116. The number of halogens is 2. The Kier molecular flexibility index (Phi) is 7.81. The smallest absolute Gasteiger partial charge is 0.226 e. The zero-order valence-corrected chi connectivity index (χ0v) is 15.6. The third-order valence-corrected chi connectivity index (χ3v) is 5.22. The average molecular weight is 384 g/mol. The van der Waals surface area contributed by atoms with E-state index >= 15 is 0 Å². The summed E-state index contributed by atoms with van der Waals surface area (Å²) in [6.07, 6.45) is 6.17. The summed E-state index contributed by atoms with van der Waals surface area (Å²) < 4.78 is 13.2. The molecule has 7 heteroatoms. The summed E-state index contributed by atoms with van der Waals surface area (Å²) in [4.78, 5) is 17.3. The molecular weight excluding hydrogens is 361 g/mol. The first-order chi connectivity index (χ1) is 11.7. The minimum Gasteiger partial charge on any atom is -0.317 e. The van der Waals surface area contributed by atoms with Gasteiger partial charge in [0.1, 0.15) is 5.82 Å². The predicted molar refractivity (Wildman–Crippen MR) is 102 cm³/mol. The molecule has 1 aliphatic heterocycles. The second kappa shape index (κ2) is 9.85. The van der Waals surface area contributed by atoms with Gasteiger partial charge in [-0.1, -0.05) is 12.1 Å². The number of nitrogens with one attached hydrogen (secondary N) is 2. The summed E-state index contributed by atoms with van der Waals surface area (Å²) in [6.45, 7) is 2.12. The fourth-order valence-corrected chi connectivity index (χ4v) is 3.85. The van der Waals surface area contributed by atoms with Crippen molar-refractivity contribution in [2.24, 2.45) is 5.92 Å². The Morgan fingerprint density at radius 1 is 1.36 bits per heavy atom. The van der Waals surface area contributed by atoms with Crippen LogP contribution in [-0.4, -0.2) is 24.0 Å². The van der Waals surface area contributed by atoms with E-state index in [9.17, 15) is 9.18 Å². The highest BCUT2D eigenvalue weighted by Gasteiger charge is 2.15. The summed E-state index contributed by atoms with van der Waals surface area (Å²) >= 11 is 1.45. The van der Waals surface area contributed by atoms with Gasteiger partial charge in [-0.2, -0.15) is 0 Å². The molecule has 1 aromatic heterocycles. The Balaban J connectivity index is 0.00000225. The van der Waals surface area contributed by atoms with Crippen LogP contribution < -0.4 is 10.6 Å². The maximum atomic E-state index is 13.2. The van der Waals surface area contributed by atoms with Crippen LogP contribution in [0, 0.1) is 11.7 Å². The number of amides is 1. The molecular formula is C18H23ClFN3OS. The van der Waals surface area contributed by atoms with Gasteiger partial charge in [0.15, 0.2) is 5.13 Å². The van der Waals surface area contributed by atoms with Crippen LogP contribution in [0.1, 0.15) is 36.1 Å². The highest BCUT2D eigenvalue weighted by Crippen LogP contribution is 2.23. The lowest BCUT2D eigenvalue weighted by Crippen LogP contribution is -2.28. The van der Waals surface area contributed by atoms with Crippen molar-refractivity contribution in [1.82, 2.24) is 10.3 Å². The molecule has 0 radical (unpaired) electrons. The molecule has 1 amide bonds. The molecule has 4 nitrogen and oxygen atoms in total. The molecule has 1 fully saturated rings. The van der Waals surface area contributed by atoms with Crippen LogP contribution in [-0.2, 0) is 11.2 Å². The molecule has 0 bridgehead atoms. The zero-order chi connectivity index (χ0) is 16.8. The summed E-state index contributed by atoms with van der Waals surface area (Å²) in [5.41, 5.74) is 0.905. The van der Waals surface area contributed by atoms with Gasteiger partial charge in [0.25, 0.3) is 0 Å². The SMILES string of the molecule is Cl.O=C(CCC1CCNCC1)Nc1ncc(Cc2cccc(F)c2)s1. The summed E-state index contributed by atoms with van der Waals surface area (Å²) in [5.74, 6) is 0.445. The molecule has 0 atom stereocenters. The third-order valence-electron chi connectivity index (χ3n) is 4.31. The van der Waals surface area contributed by atoms with Crippen LogP contribution in [0.15, 0.2) is 30.5 Å². The molecule has 1 saturated heterocycles. The van der Waals surface area contributed by atoms with E-state index in [0.717, 1.165) is 42.8 Å². The Morgan fingerprint density at radius 3 is 2.92 bits per heavy atom. The fraction of sp³-hybridized carbons (Fsp3) is 0.444. The Morgan fingerprint density at radius 2 is 2.16 bits per heavy atom. The lowest BCUT2D eigenvalue weighted by Gasteiger charge is -2.21. The molecule has 1 aliphatic rings. The number of hydrogen-bond donors (Lipinski definition) is 2. The fourth-order valence-electron chi connectivity index (χ4n) is 2.98. The van der Waals surface area contributed by atoms with Crippen molar-refractivity contribution in [2.45, 2.75) is 32.1 Å². The Labute approximate surface area is 157 Å². The van der Waals surface area contributed by atoms with E-state index in [1.54, 1.807) is 12.3 Å². The molecule has 3 rings (SSSR count). The highest BCUT2D eigenvalue weighted by atomic mass is 35.5. The van der Waals surface area contributed by atoms with Gasteiger partial charge in [0, 0.05) is 23.9 Å². The number of anilines is 1. The summed E-state index contributed by atoms with van der Waals surface area (Å²) in [5, 5.41) is 6.84. The number of piperidine rings is 1. The van der Waals surface area contributed by atoms with Crippen LogP contribution in [0.4, 0.5) is 9.52 Å². The number of benzene rings is 1. The van der Waals surface area contributed by atoms with E-state index in [-0.39, 0.29) is 24.1 Å². The van der Waals surface area contributed by atoms with Crippen molar-refractivity contribution in [3.8, 4) is 0 Å². The third kappa shape index (κ3) is 6.38. The molecule has 0 spiro atoms. The van der Waals surface area contributed by atoms with Crippen LogP contribution in [0.25, 0.3) is 0 Å². The van der Waals surface area contributed by atoms with Gasteiger partial charge in [-0.05, 0) is 56.0 Å². The minimum absolute atomic E-state index is 0. The van der Waals surface area contributed by atoms with E-state index in [1.165, 1.54) is 23.5 Å². The molecule has 1 aromatic carbocycles. The summed E-state index contributed by atoms with van der Waals surface area (Å²) in [7, 11) is 0. The average Bonchev–Trinajstić information content (AvgIpc) is 3.01. The van der Waals surface area contributed by atoms with Gasteiger partial charge >= 0.3 is 0 Å². The molecule has 0 unspecified atom stereocenters. The largest absolute Gasteiger partial charge is 0.317 e. The molecule has 2 aromatic rings. The van der Waals surface area contributed by atoms with E-state index in [1.807, 2.05) is 6.07 Å². The number of aromatic nitrogens is 1. The first-order valence-corrected chi connectivity index (χ1v) is 9.20. The Bertz CT molecular complexity index is 688. The predicted octanol–water partition coefficient (Wildman–Crippen LogP) is 4.01. The first kappa shape index (κ1) is 19.8. The van der Waals surface area contributed by atoms with Gasteiger partial charge < -0.3 is 10.6 Å². The Hall–Kier alpha value is -1.50. The standard InChI is InChI=1S/C18H22FN3OS.ClH/c19-15-3-1-2-14(10-15)11-16-12-21-18(24-16)22-17(23)5-4-13-6-8-20-9-7-13;/h1-3,10,12-13,20H,4-9,11H2,(H,21,22,23);1H. The van der Waals surface area contributed by atoms with Crippen LogP contribution in [0.2, 0.25) is 0 Å². The molecule has 136 valence electrons. The van der Waals surface area contributed by atoms with Crippen molar-refractivity contribution in [3.63, 3.8) is 0 Å². The van der Waals surface area contributed by atoms with Gasteiger partial charge in [0.2, 0.25) is 5.91 Å². The lowest BCUT2D eigenvalue weighted by atomic mass is 9.93. The quantitative estimate of drug-likeness (QED) is 0.792. The number of hydrogen-bond acceptors (Lipinski definition) is 4. The normalized spacial score (nSPS) is 14.8. The second-order valence-electron chi connectivity index (χ2n) is 6.22. The molecule has 0 saturated carbocycles. The maximum Gasteiger partial charge on any atom is 0.226 e. The van der Waals surface area contributed by atoms with E-state index in [4.69, 9.17) is 0 Å². The van der Waals surface area contributed by atoms with Gasteiger partial charge in [-0.15, -0.1) is 23.7 Å². The number of rotatable bonds is 6. The van der Waals surface area contributed by atoms with Crippen LogP contribution in [0.5, 0.6) is 0 Å². The van der Waals surface area contributed by atoms with Crippen LogP contribution in [0.3, 0.4) is 0 Å². The van der Waals surface area contributed by atoms with Crippen molar-refractivity contribution in [3.05, 3.63) is 46.7 Å². The van der Waals surface area contributed by atoms with Crippen LogP contribution >= 0.6 is 23.7 Å². The van der Waals surface area contributed by atoms with Crippen molar-refractivity contribution >= 4 is 34.8 Å². The topological polar surface area (TPSA) is 54.0 Å². The zero-order valence-electron chi connectivity index (χ0n) is 14.0. The van der Waals surface area contributed by atoms with Gasteiger partial charge in [0.05, 0.1) is 0 Å². The van der Waals surface area contributed by atoms with E-state index < -0.39 is 0 Å². The number of carbonyl (C=O) groups excluding carboxylic acids is 1. The molecule has 0 aliphatic carbocycles. The molecule has 2 N–H and O–H groups in total. The molecule has 2 heterocycles. The maximum absolute atomic E-state index is 13.2. The van der Waals surface area contributed by atoms with Gasteiger partial charge in [-0.25, -0.2) is 9.37 Å². The van der Waals surface area contributed by atoms with Crippen molar-refractivity contribution in [1.29, 1.82) is 0 Å². The van der Waals surface area contributed by atoms with Gasteiger partial charge in [-0.3, -0.25) is 4.79 Å². The molecule has 25 heavy (non-hydrogen) atoms. The van der Waals surface area contributed by atoms with Crippen molar-refractivity contribution in [2.75, 3.05) is 18.4 Å². The first-order valence-electron chi connectivity index (χ1n) is 8.39. The summed E-state index contributed by atoms with van der Waals surface area (Å²) in [6, 6.07) is 6.55. The highest BCUT2D eigenvalue weighted by molar-refractivity contribution is 7.15. The second-order valence-corrected chi connectivity index (χ2v) is 7.33. The number of thiazole rings is 1. The minimum atomic E-state index is -0.233. The number of carbonyl (C=O) groups is 1. The van der Waals surface area contributed by atoms with E-state index in [0.29, 0.717) is 23.9 Å². The monoisotopic (exact) mass is 383 g/mol. The van der Waals surface area contributed by atoms with Crippen molar-refractivity contribution < 1.29 is 9.18 Å².